The summed E-state index contributed by atoms with van der Waals surface area (Å²) in [6, 6.07) is 25.2. The molecule has 0 amide bonds. The van der Waals surface area contributed by atoms with Gasteiger partial charge in [-0.2, -0.15) is 0 Å². The molecule has 4 aromatic carbocycles. The lowest BCUT2D eigenvalue weighted by molar-refractivity contribution is 0.475. The Hall–Kier alpha value is -2.84. The van der Waals surface area contributed by atoms with E-state index in [0.29, 0.717) is 15.8 Å². The van der Waals surface area contributed by atoms with Crippen molar-refractivity contribution in [1.82, 2.24) is 0 Å². The molecule has 0 aliphatic rings. The molecule has 206 valence electrons. The average Bonchev–Trinajstić information content (AvgIpc) is 2.89. The Morgan fingerprint density at radius 1 is 0.615 bits per heavy atom. The normalized spacial score (nSPS) is 12.1. The summed E-state index contributed by atoms with van der Waals surface area (Å²) in [4.78, 5) is 0.371. The first-order chi connectivity index (χ1) is 18.1. The molecule has 0 unspecified atom stereocenters. The molecule has 0 atom stereocenters. The van der Waals surface area contributed by atoms with Gasteiger partial charge in [0.15, 0.2) is 0 Å². The average molecular weight is 606 g/mol. The summed E-state index contributed by atoms with van der Waals surface area (Å²) in [5.41, 5.74) is 1.97. The third kappa shape index (κ3) is 7.63. The Morgan fingerprint density at radius 3 is 1.31 bits per heavy atom. The summed E-state index contributed by atoms with van der Waals surface area (Å²) in [5.74, 6) is 0.412. The van der Waals surface area contributed by atoms with Gasteiger partial charge in [-0.15, -0.1) is 11.6 Å². The van der Waals surface area contributed by atoms with Crippen LogP contribution in [0.25, 0.3) is 0 Å². The largest absolute Gasteiger partial charge is 0.508 e. The molecular weight excluding hydrogens is 575 g/mol. The molecule has 0 saturated carbocycles. The molecule has 0 heterocycles. The summed E-state index contributed by atoms with van der Waals surface area (Å²) in [6.45, 7) is 7.83. The summed E-state index contributed by atoms with van der Waals surface area (Å²) in [5, 5.41) is 9.73. The van der Waals surface area contributed by atoms with E-state index in [1.54, 1.807) is 48.5 Å². The van der Waals surface area contributed by atoms with Crippen LogP contribution in [0.5, 0.6) is 5.75 Å². The fraction of sp³-hybridized carbons (Fsp3) is 0.200. The number of alkyl halides is 1. The molecule has 0 radical (unpaired) electrons. The highest BCUT2D eigenvalue weighted by Gasteiger charge is 2.21. The Kier molecular flexibility index (Phi) is 9.55. The molecule has 0 bridgehead atoms. The van der Waals surface area contributed by atoms with Crippen LogP contribution in [-0.4, -0.2) is 21.9 Å². The van der Waals surface area contributed by atoms with Gasteiger partial charge in [-0.25, -0.2) is 16.8 Å². The zero-order chi connectivity index (χ0) is 29.0. The lowest BCUT2D eigenvalue weighted by Crippen LogP contribution is -2.08. The van der Waals surface area contributed by atoms with Gasteiger partial charge >= 0.3 is 0 Å². The fourth-order valence-corrected chi connectivity index (χ4v) is 6.35. The van der Waals surface area contributed by atoms with Crippen molar-refractivity contribution in [2.24, 2.45) is 0 Å². The Labute approximate surface area is 240 Å². The molecule has 0 fully saturated rings. The number of phenolic OH excluding ortho intramolecular Hbond substituents is 1. The summed E-state index contributed by atoms with van der Waals surface area (Å²) >= 11 is 12.0. The van der Waals surface area contributed by atoms with E-state index in [9.17, 15) is 21.9 Å². The lowest BCUT2D eigenvalue weighted by Gasteiger charge is -2.16. The molecule has 0 spiro atoms. The minimum Gasteiger partial charge on any atom is -0.508 e. The number of halogens is 2. The Morgan fingerprint density at radius 2 is 0.949 bits per heavy atom. The predicted molar refractivity (Wildman–Crippen MR) is 156 cm³/mol. The highest BCUT2D eigenvalue weighted by molar-refractivity contribution is 7.91. The van der Waals surface area contributed by atoms with Gasteiger partial charge in [-0.1, -0.05) is 49.7 Å². The molecule has 0 saturated heterocycles. The second kappa shape index (κ2) is 12.1. The van der Waals surface area contributed by atoms with E-state index in [-0.39, 0.29) is 20.4 Å². The number of hydrogen-bond donors (Lipinski definition) is 1. The van der Waals surface area contributed by atoms with Crippen molar-refractivity contribution >= 4 is 42.9 Å². The zero-order valence-corrected chi connectivity index (χ0v) is 25.1. The van der Waals surface area contributed by atoms with Crippen LogP contribution in [0.15, 0.2) is 117 Å². The summed E-state index contributed by atoms with van der Waals surface area (Å²) < 4.78 is 49.5. The highest BCUT2D eigenvalue weighted by Crippen LogP contribution is 2.30. The fourth-order valence-electron chi connectivity index (χ4n) is 3.57. The third-order valence-electron chi connectivity index (χ3n) is 5.98. The maximum atomic E-state index is 12.4. The van der Waals surface area contributed by atoms with Crippen molar-refractivity contribution in [3.63, 3.8) is 0 Å². The molecule has 0 aromatic heterocycles. The SMILES string of the molecule is CC(C)(Cl)c1ccc(S(=O)(=O)c2ccc(O)cc2)cc1.CC(C)c1ccc(S(=O)(=O)c2ccc(Cl)cc2)cc1. The zero-order valence-electron chi connectivity index (χ0n) is 22.0. The third-order valence-corrected chi connectivity index (χ3v) is 10.0. The van der Waals surface area contributed by atoms with Gasteiger partial charge in [0.25, 0.3) is 0 Å². The number of benzene rings is 4. The Bertz CT molecular complexity index is 1600. The van der Waals surface area contributed by atoms with Gasteiger partial charge in [-0.05, 0) is 104 Å². The molecule has 4 rings (SSSR count). The monoisotopic (exact) mass is 604 g/mol. The quantitative estimate of drug-likeness (QED) is 0.225. The van der Waals surface area contributed by atoms with E-state index in [0.717, 1.165) is 11.1 Å². The van der Waals surface area contributed by atoms with Crippen LogP contribution in [0, 0.1) is 0 Å². The lowest BCUT2D eigenvalue weighted by atomic mass is 10.0. The van der Waals surface area contributed by atoms with Crippen LogP contribution in [0.2, 0.25) is 5.02 Å². The van der Waals surface area contributed by atoms with Crippen LogP contribution in [0.3, 0.4) is 0 Å². The van der Waals surface area contributed by atoms with Crippen molar-refractivity contribution in [1.29, 1.82) is 0 Å². The van der Waals surface area contributed by atoms with Gasteiger partial charge in [0.05, 0.1) is 24.5 Å². The van der Waals surface area contributed by atoms with Crippen molar-refractivity contribution in [3.8, 4) is 5.75 Å². The van der Waals surface area contributed by atoms with Crippen molar-refractivity contribution in [2.75, 3.05) is 0 Å². The summed E-state index contributed by atoms with van der Waals surface area (Å²) in [6.07, 6.45) is 0. The van der Waals surface area contributed by atoms with E-state index in [1.807, 2.05) is 26.0 Å². The van der Waals surface area contributed by atoms with Gasteiger partial charge in [0, 0.05) is 5.02 Å². The van der Waals surface area contributed by atoms with Gasteiger partial charge < -0.3 is 5.11 Å². The van der Waals surface area contributed by atoms with Crippen molar-refractivity contribution in [3.05, 3.63) is 113 Å². The molecule has 9 heteroatoms. The van der Waals surface area contributed by atoms with Crippen LogP contribution < -0.4 is 0 Å². The number of hydrogen-bond acceptors (Lipinski definition) is 5. The van der Waals surface area contributed by atoms with Gasteiger partial charge in [0.2, 0.25) is 19.7 Å². The molecule has 39 heavy (non-hydrogen) atoms. The first kappa shape index (κ1) is 30.7. The van der Waals surface area contributed by atoms with E-state index < -0.39 is 24.5 Å². The first-order valence-corrected chi connectivity index (χ1v) is 15.8. The molecular formula is C30H30Cl2O5S2. The van der Waals surface area contributed by atoms with Crippen LogP contribution in [-0.2, 0) is 24.5 Å². The van der Waals surface area contributed by atoms with Gasteiger partial charge in [0.1, 0.15) is 5.75 Å². The number of rotatable bonds is 6. The minimum atomic E-state index is -3.57. The molecule has 0 aliphatic carbocycles. The first-order valence-electron chi connectivity index (χ1n) is 12.1. The van der Waals surface area contributed by atoms with E-state index in [1.165, 1.54) is 36.4 Å². The van der Waals surface area contributed by atoms with Crippen molar-refractivity contribution < 1.29 is 21.9 Å². The highest BCUT2D eigenvalue weighted by atomic mass is 35.5. The minimum absolute atomic E-state index is 0.0307. The van der Waals surface area contributed by atoms with E-state index in [2.05, 4.69) is 13.8 Å². The molecule has 5 nitrogen and oxygen atoms in total. The van der Waals surface area contributed by atoms with Crippen LogP contribution in [0.1, 0.15) is 44.7 Å². The summed E-state index contributed by atoms with van der Waals surface area (Å²) in [7, 11) is -7.03. The Balaban J connectivity index is 0.000000216. The van der Waals surface area contributed by atoms with Crippen molar-refractivity contribution in [2.45, 2.75) is 58.1 Å². The smallest absolute Gasteiger partial charge is 0.206 e. The maximum Gasteiger partial charge on any atom is 0.206 e. The van der Waals surface area contributed by atoms with Crippen LogP contribution in [0.4, 0.5) is 0 Å². The van der Waals surface area contributed by atoms with Gasteiger partial charge in [-0.3, -0.25) is 0 Å². The standard InChI is InChI=1S/C15H15ClO3S.C15H15ClO2S/c1-15(2,16)11-3-7-13(8-4-11)20(18,19)14-9-5-12(17)6-10-14;1-11(2)12-3-7-14(8-4-12)19(17,18)15-9-5-13(16)6-10-15/h3-10,17H,1-2H3;3-11H,1-2H3. The van der Waals surface area contributed by atoms with E-state index >= 15 is 0 Å². The second-order valence-electron chi connectivity index (χ2n) is 9.68. The molecule has 4 aromatic rings. The number of aromatic hydroxyl groups is 1. The molecule has 1 N–H and O–H groups in total. The topological polar surface area (TPSA) is 88.5 Å². The number of sulfone groups is 2. The maximum absolute atomic E-state index is 12.4. The second-order valence-corrected chi connectivity index (χ2v) is 15.0. The van der Waals surface area contributed by atoms with E-state index in [4.69, 9.17) is 23.2 Å². The predicted octanol–water partition coefficient (Wildman–Crippen LogP) is 8.00. The number of phenols is 1. The van der Waals surface area contributed by atoms with Crippen LogP contribution >= 0.6 is 23.2 Å². The molecule has 0 aliphatic heterocycles.